The highest BCUT2D eigenvalue weighted by molar-refractivity contribution is 5.80. The molecule has 3 heteroatoms. The minimum Gasteiger partial charge on any atom is -0.508 e. The van der Waals surface area contributed by atoms with Crippen molar-refractivity contribution in [3.63, 3.8) is 0 Å². The average molecular weight is 272 g/mol. The predicted molar refractivity (Wildman–Crippen MR) is 74.3 cm³/mol. The second-order valence-corrected chi connectivity index (χ2v) is 7.08. The molecule has 4 aliphatic carbocycles. The fourth-order valence-corrected chi connectivity index (χ4v) is 5.12. The highest BCUT2D eigenvalue weighted by Gasteiger charge is 2.55. The number of hydrogen-bond donors (Lipinski definition) is 1. The second kappa shape index (κ2) is 4.24. The number of phenols is 1. The van der Waals surface area contributed by atoms with Crippen LogP contribution in [0.3, 0.4) is 0 Å². The SMILES string of the molecule is O=C(Oc1cccc(O)c1)C12CC3CC(CC(C3)C1)C2. The Balaban J connectivity index is 1.56. The summed E-state index contributed by atoms with van der Waals surface area (Å²) in [5, 5.41) is 9.47. The van der Waals surface area contributed by atoms with Gasteiger partial charge in [-0.25, -0.2) is 0 Å². The second-order valence-electron chi connectivity index (χ2n) is 7.08. The van der Waals surface area contributed by atoms with E-state index in [1.807, 2.05) is 0 Å². The summed E-state index contributed by atoms with van der Waals surface area (Å²) in [5.74, 6) is 2.74. The third-order valence-electron chi connectivity index (χ3n) is 5.50. The quantitative estimate of drug-likeness (QED) is 0.662. The van der Waals surface area contributed by atoms with Crippen LogP contribution in [0.15, 0.2) is 24.3 Å². The molecule has 1 N–H and O–H groups in total. The van der Waals surface area contributed by atoms with Gasteiger partial charge < -0.3 is 9.84 Å². The molecule has 1 aromatic carbocycles. The molecule has 1 aromatic rings. The number of ether oxygens (including phenoxy) is 1. The summed E-state index contributed by atoms with van der Waals surface area (Å²) in [6.45, 7) is 0. The molecule has 106 valence electrons. The van der Waals surface area contributed by atoms with Crippen LogP contribution in [0.5, 0.6) is 11.5 Å². The van der Waals surface area contributed by atoms with Crippen LogP contribution in [0.25, 0.3) is 0 Å². The minimum atomic E-state index is -0.236. The number of aromatic hydroxyl groups is 1. The lowest BCUT2D eigenvalue weighted by Crippen LogP contribution is -2.51. The first kappa shape index (κ1) is 12.2. The Morgan fingerprint density at radius 1 is 1.10 bits per heavy atom. The lowest BCUT2D eigenvalue weighted by Gasteiger charge is -2.55. The maximum Gasteiger partial charge on any atom is 0.317 e. The molecular formula is C17H20O3. The largest absolute Gasteiger partial charge is 0.508 e. The Morgan fingerprint density at radius 3 is 2.25 bits per heavy atom. The molecule has 0 spiro atoms. The van der Waals surface area contributed by atoms with E-state index in [1.165, 1.54) is 25.3 Å². The maximum absolute atomic E-state index is 12.7. The molecule has 0 aliphatic heterocycles. The van der Waals surface area contributed by atoms with Crippen LogP contribution >= 0.6 is 0 Å². The lowest BCUT2D eigenvalue weighted by atomic mass is 9.49. The average Bonchev–Trinajstić information content (AvgIpc) is 2.37. The maximum atomic E-state index is 12.7. The predicted octanol–water partition coefficient (Wildman–Crippen LogP) is 3.51. The van der Waals surface area contributed by atoms with Crippen molar-refractivity contribution in [2.45, 2.75) is 38.5 Å². The van der Waals surface area contributed by atoms with Crippen LogP contribution in [-0.2, 0) is 4.79 Å². The van der Waals surface area contributed by atoms with Gasteiger partial charge in [-0.1, -0.05) is 6.07 Å². The molecule has 4 fully saturated rings. The number of rotatable bonds is 2. The summed E-state index contributed by atoms with van der Waals surface area (Å²) < 4.78 is 5.58. The van der Waals surface area contributed by atoms with Crippen molar-refractivity contribution >= 4 is 5.97 Å². The molecule has 3 nitrogen and oxygen atoms in total. The Bertz CT molecular complexity index is 514. The van der Waals surface area contributed by atoms with Gasteiger partial charge in [0.25, 0.3) is 0 Å². The van der Waals surface area contributed by atoms with Crippen molar-refractivity contribution in [2.24, 2.45) is 23.2 Å². The highest BCUT2D eigenvalue weighted by Crippen LogP contribution is 2.60. The van der Waals surface area contributed by atoms with Gasteiger partial charge in [0.15, 0.2) is 0 Å². The number of carbonyl (C=O) groups excluding carboxylic acids is 1. The van der Waals surface area contributed by atoms with E-state index in [0.29, 0.717) is 5.75 Å². The summed E-state index contributed by atoms with van der Waals surface area (Å²) >= 11 is 0. The number of benzene rings is 1. The number of carbonyl (C=O) groups is 1. The van der Waals surface area contributed by atoms with Crippen molar-refractivity contribution in [1.82, 2.24) is 0 Å². The van der Waals surface area contributed by atoms with Crippen molar-refractivity contribution in [1.29, 1.82) is 0 Å². The van der Waals surface area contributed by atoms with E-state index in [4.69, 9.17) is 4.74 Å². The van der Waals surface area contributed by atoms with Gasteiger partial charge in [-0.05, 0) is 68.4 Å². The van der Waals surface area contributed by atoms with Crippen LogP contribution in [0.4, 0.5) is 0 Å². The molecule has 5 rings (SSSR count). The zero-order valence-corrected chi connectivity index (χ0v) is 11.5. The molecule has 0 atom stereocenters. The van der Waals surface area contributed by atoms with E-state index in [9.17, 15) is 9.90 Å². The van der Waals surface area contributed by atoms with Gasteiger partial charge >= 0.3 is 5.97 Å². The van der Waals surface area contributed by atoms with E-state index in [2.05, 4.69) is 0 Å². The Hall–Kier alpha value is -1.51. The molecule has 0 heterocycles. The van der Waals surface area contributed by atoms with Crippen LogP contribution in [0, 0.1) is 23.2 Å². The fourth-order valence-electron chi connectivity index (χ4n) is 5.12. The highest BCUT2D eigenvalue weighted by atomic mass is 16.5. The summed E-state index contributed by atoms with van der Waals surface area (Å²) in [6, 6.07) is 6.54. The van der Waals surface area contributed by atoms with E-state index in [0.717, 1.165) is 37.0 Å². The van der Waals surface area contributed by atoms with Gasteiger partial charge in [0.05, 0.1) is 5.41 Å². The monoisotopic (exact) mass is 272 g/mol. The van der Waals surface area contributed by atoms with Crippen LogP contribution in [0.1, 0.15) is 38.5 Å². The molecule has 0 aromatic heterocycles. The molecule has 4 aliphatic rings. The molecule has 0 unspecified atom stereocenters. The third-order valence-corrected chi connectivity index (χ3v) is 5.50. The van der Waals surface area contributed by atoms with E-state index >= 15 is 0 Å². The van der Waals surface area contributed by atoms with Gasteiger partial charge in [-0.3, -0.25) is 4.79 Å². The third kappa shape index (κ3) is 1.91. The van der Waals surface area contributed by atoms with Crippen LogP contribution < -0.4 is 4.74 Å². The van der Waals surface area contributed by atoms with Gasteiger partial charge in [-0.2, -0.15) is 0 Å². The zero-order chi connectivity index (χ0) is 13.7. The van der Waals surface area contributed by atoms with Crippen LogP contribution in [-0.4, -0.2) is 11.1 Å². The number of hydrogen-bond acceptors (Lipinski definition) is 3. The molecule has 0 radical (unpaired) electrons. The standard InChI is InChI=1S/C17H20O3/c18-14-2-1-3-15(7-14)20-16(19)17-8-11-4-12(9-17)6-13(5-11)10-17/h1-3,7,11-13,18H,4-6,8-10H2. The molecule has 20 heavy (non-hydrogen) atoms. The molecule has 0 saturated heterocycles. The smallest absolute Gasteiger partial charge is 0.317 e. The first-order chi connectivity index (χ1) is 9.63. The Kier molecular flexibility index (Phi) is 2.60. The van der Waals surface area contributed by atoms with Crippen molar-refractivity contribution in [3.8, 4) is 11.5 Å². The molecule has 0 amide bonds. The lowest BCUT2D eigenvalue weighted by molar-refractivity contribution is -0.161. The number of esters is 1. The van der Waals surface area contributed by atoms with Crippen LogP contribution in [0.2, 0.25) is 0 Å². The molecule has 4 bridgehead atoms. The van der Waals surface area contributed by atoms with Crippen molar-refractivity contribution in [2.75, 3.05) is 0 Å². The van der Waals surface area contributed by atoms with Crippen molar-refractivity contribution < 1.29 is 14.6 Å². The minimum absolute atomic E-state index is 0.0674. The van der Waals surface area contributed by atoms with E-state index < -0.39 is 0 Å². The topological polar surface area (TPSA) is 46.5 Å². The van der Waals surface area contributed by atoms with Gasteiger partial charge in [0, 0.05) is 6.07 Å². The molecule has 4 saturated carbocycles. The summed E-state index contributed by atoms with van der Waals surface area (Å²) in [6.07, 6.45) is 6.99. The fraction of sp³-hybridized carbons (Fsp3) is 0.588. The van der Waals surface area contributed by atoms with Gasteiger partial charge in [0.2, 0.25) is 0 Å². The van der Waals surface area contributed by atoms with Gasteiger partial charge in [0.1, 0.15) is 11.5 Å². The van der Waals surface area contributed by atoms with E-state index in [1.54, 1.807) is 18.2 Å². The van der Waals surface area contributed by atoms with Gasteiger partial charge in [-0.15, -0.1) is 0 Å². The summed E-state index contributed by atoms with van der Waals surface area (Å²) in [5.41, 5.74) is -0.236. The van der Waals surface area contributed by atoms with Crippen molar-refractivity contribution in [3.05, 3.63) is 24.3 Å². The first-order valence-electron chi connectivity index (χ1n) is 7.64. The normalized spacial score (nSPS) is 37.9. The Morgan fingerprint density at radius 2 is 1.70 bits per heavy atom. The molecular weight excluding hydrogens is 252 g/mol. The zero-order valence-electron chi connectivity index (χ0n) is 11.5. The number of phenolic OH excluding ortho intramolecular Hbond substituents is 1. The first-order valence-corrected chi connectivity index (χ1v) is 7.64. The summed E-state index contributed by atoms with van der Waals surface area (Å²) in [7, 11) is 0. The Labute approximate surface area is 118 Å². The van der Waals surface area contributed by atoms with E-state index in [-0.39, 0.29) is 17.1 Å². The summed E-state index contributed by atoms with van der Waals surface area (Å²) in [4.78, 5) is 12.7.